The molecule has 5 rings (SSSR count). The van der Waals surface area contributed by atoms with Crippen molar-refractivity contribution in [1.29, 1.82) is 0 Å². The normalized spacial score (nSPS) is 20.2. The average Bonchev–Trinajstić information content (AvgIpc) is 3.21. The Balaban J connectivity index is 1.43. The monoisotopic (exact) mass is 572 g/mol. The number of likely N-dealkylation sites (tertiary alicyclic amines) is 1. The van der Waals surface area contributed by atoms with E-state index in [1.54, 1.807) is 35.8 Å². The standard InChI is InChI=1S/C28H31F3N6O2S/c1-32-27(38)18-6-8-21(23(15-18)39-3)33-13-4-5-22-26-25-17(10-12-28(30,31)40-26)7-9-24(37(25)35-22)34-20-11-14-36(2)16-19(20)29/h6-9,15,19-20,33-34H,10-14,16H2,1-3H3,(H,32,38)/t19-,20+/m0/s1. The van der Waals surface area contributed by atoms with Crippen molar-refractivity contribution in [3.8, 4) is 17.6 Å². The van der Waals surface area contributed by atoms with Gasteiger partial charge in [-0.2, -0.15) is 13.9 Å². The first-order valence-corrected chi connectivity index (χ1v) is 13.8. The van der Waals surface area contributed by atoms with E-state index in [9.17, 15) is 18.0 Å². The van der Waals surface area contributed by atoms with Crippen molar-refractivity contribution in [1.82, 2.24) is 19.8 Å². The highest BCUT2D eigenvalue weighted by molar-refractivity contribution is 8.00. The Morgan fingerprint density at radius 3 is 2.88 bits per heavy atom. The second-order valence-corrected chi connectivity index (χ2v) is 11.1. The molecule has 1 aromatic carbocycles. The van der Waals surface area contributed by atoms with Gasteiger partial charge in [-0.3, -0.25) is 4.79 Å². The number of ether oxygens (including phenoxy) is 1. The number of nitrogens with zero attached hydrogens (tertiary/aromatic N) is 3. The Morgan fingerprint density at radius 1 is 1.30 bits per heavy atom. The van der Waals surface area contributed by atoms with Gasteiger partial charge in [0.15, 0.2) is 0 Å². The molecule has 40 heavy (non-hydrogen) atoms. The SMILES string of the molecule is CNC(=O)c1ccc(NCC#Cc2nn3c(N[C@@H]4CCN(C)C[C@@H]4F)ccc4c3c2SC(F)(F)CC4)c(OC)c1. The van der Waals surface area contributed by atoms with E-state index >= 15 is 0 Å². The van der Waals surface area contributed by atoms with Crippen LogP contribution in [0.15, 0.2) is 35.2 Å². The molecule has 1 fully saturated rings. The molecule has 8 nitrogen and oxygen atoms in total. The molecule has 212 valence electrons. The number of hydrogen-bond acceptors (Lipinski definition) is 7. The molecular formula is C28H31F3N6O2S. The van der Waals surface area contributed by atoms with Crippen LogP contribution in [0.1, 0.15) is 34.5 Å². The number of alkyl halides is 3. The third-order valence-corrected chi connectivity index (χ3v) is 8.19. The predicted octanol–water partition coefficient (Wildman–Crippen LogP) is 4.25. The first kappa shape index (κ1) is 28.0. The van der Waals surface area contributed by atoms with Crippen LogP contribution < -0.4 is 20.7 Å². The smallest absolute Gasteiger partial charge is 0.298 e. The molecule has 0 aliphatic carbocycles. The number of carbonyl (C=O) groups excluding carboxylic acids is 1. The van der Waals surface area contributed by atoms with Crippen LogP contribution in [-0.4, -0.2) is 78.7 Å². The fraction of sp³-hybridized carbons (Fsp3) is 0.429. The molecule has 0 spiro atoms. The molecule has 12 heteroatoms. The predicted molar refractivity (Wildman–Crippen MR) is 150 cm³/mol. The van der Waals surface area contributed by atoms with Crippen LogP contribution in [0.5, 0.6) is 5.75 Å². The summed E-state index contributed by atoms with van der Waals surface area (Å²) in [6.45, 7) is 1.27. The first-order valence-electron chi connectivity index (χ1n) is 13.0. The number of amides is 1. The molecular weight excluding hydrogens is 541 g/mol. The number of nitrogens with one attached hydrogen (secondary N) is 3. The first-order chi connectivity index (χ1) is 19.2. The number of piperidine rings is 1. The van der Waals surface area contributed by atoms with Crippen LogP contribution in [0.3, 0.4) is 0 Å². The van der Waals surface area contributed by atoms with Gasteiger partial charge in [-0.25, -0.2) is 8.91 Å². The number of aromatic nitrogens is 2. The molecule has 1 saturated heterocycles. The van der Waals surface area contributed by atoms with Crippen molar-refractivity contribution in [2.45, 2.75) is 41.6 Å². The fourth-order valence-corrected chi connectivity index (χ4v) is 5.96. The number of thioether (sulfide) groups is 1. The minimum atomic E-state index is -2.97. The van der Waals surface area contributed by atoms with E-state index in [0.29, 0.717) is 58.0 Å². The molecule has 0 saturated carbocycles. The van der Waals surface area contributed by atoms with Crippen LogP contribution in [0, 0.1) is 11.8 Å². The maximum Gasteiger partial charge on any atom is 0.298 e. The zero-order valence-corrected chi connectivity index (χ0v) is 23.3. The van der Waals surface area contributed by atoms with Gasteiger partial charge in [-0.1, -0.05) is 12.0 Å². The Morgan fingerprint density at radius 2 is 2.12 bits per heavy atom. The van der Waals surface area contributed by atoms with Crippen LogP contribution in [0.25, 0.3) is 5.52 Å². The molecule has 3 aromatic rings. The molecule has 1 amide bonds. The maximum absolute atomic E-state index is 14.8. The van der Waals surface area contributed by atoms with E-state index in [1.165, 1.54) is 7.11 Å². The van der Waals surface area contributed by atoms with Crippen molar-refractivity contribution in [2.24, 2.45) is 0 Å². The topological polar surface area (TPSA) is 82.9 Å². The molecule has 2 aromatic heterocycles. The van der Waals surface area contributed by atoms with Gasteiger partial charge in [0, 0.05) is 32.1 Å². The lowest BCUT2D eigenvalue weighted by molar-refractivity contribution is 0.0957. The summed E-state index contributed by atoms with van der Waals surface area (Å²) in [6, 6.07) is 8.19. The van der Waals surface area contributed by atoms with Crippen molar-refractivity contribution in [3.05, 3.63) is 47.2 Å². The van der Waals surface area contributed by atoms with Gasteiger partial charge in [0.1, 0.15) is 23.4 Å². The number of rotatable bonds is 6. The van der Waals surface area contributed by atoms with Crippen molar-refractivity contribution in [2.75, 3.05) is 51.5 Å². The number of benzene rings is 1. The Kier molecular flexibility index (Phi) is 8.05. The largest absolute Gasteiger partial charge is 0.495 e. The summed E-state index contributed by atoms with van der Waals surface area (Å²) in [5.41, 5.74) is 2.66. The highest BCUT2D eigenvalue weighted by atomic mass is 32.2. The summed E-state index contributed by atoms with van der Waals surface area (Å²) < 4.78 is 51.2. The van der Waals surface area contributed by atoms with Gasteiger partial charge >= 0.3 is 0 Å². The highest BCUT2D eigenvalue weighted by Gasteiger charge is 2.37. The van der Waals surface area contributed by atoms with E-state index in [0.717, 1.165) is 12.1 Å². The summed E-state index contributed by atoms with van der Waals surface area (Å²) in [4.78, 5) is 14.2. The Hall–Kier alpha value is -3.56. The van der Waals surface area contributed by atoms with Crippen molar-refractivity contribution < 1.29 is 22.7 Å². The summed E-state index contributed by atoms with van der Waals surface area (Å²) in [5, 5.41) is 10.6. The fourth-order valence-electron chi connectivity index (χ4n) is 4.96. The van der Waals surface area contributed by atoms with E-state index in [2.05, 4.69) is 32.9 Å². The van der Waals surface area contributed by atoms with Gasteiger partial charge in [-0.15, -0.1) is 0 Å². The number of carbonyl (C=O) groups is 1. The molecule has 3 N–H and O–H groups in total. The Bertz CT molecular complexity index is 1480. The molecule has 2 atom stereocenters. The third-order valence-electron chi connectivity index (χ3n) is 7.10. The van der Waals surface area contributed by atoms with Gasteiger partial charge in [-0.05, 0) is 67.4 Å². The van der Waals surface area contributed by atoms with E-state index in [4.69, 9.17) is 4.74 Å². The van der Waals surface area contributed by atoms with E-state index < -0.39 is 17.5 Å². The lowest BCUT2D eigenvalue weighted by atomic mass is 10.0. The summed E-state index contributed by atoms with van der Waals surface area (Å²) in [7, 11) is 4.94. The van der Waals surface area contributed by atoms with Crippen LogP contribution >= 0.6 is 11.8 Å². The molecule has 0 unspecified atom stereocenters. The summed E-state index contributed by atoms with van der Waals surface area (Å²) in [6.07, 6.45) is -0.543. The van der Waals surface area contributed by atoms with Crippen LogP contribution in [0.2, 0.25) is 0 Å². The molecule has 0 bridgehead atoms. The second kappa shape index (κ2) is 11.5. The van der Waals surface area contributed by atoms with Crippen LogP contribution in [0.4, 0.5) is 24.7 Å². The third kappa shape index (κ3) is 5.81. The Labute approximate surface area is 235 Å². The number of hydrogen-bond donors (Lipinski definition) is 3. The lowest BCUT2D eigenvalue weighted by Crippen LogP contribution is -2.46. The quantitative estimate of drug-likeness (QED) is 0.381. The average molecular weight is 573 g/mol. The summed E-state index contributed by atoms with van der Waals surface area (Å²) >= 11 is 0.477. The van der Waals surface area contributed by atoms with E-state index in [-0.39, 0.29) is 31.0 Å². The number of aryl methyl sites for hydroxylation is 1. The number of pyridine rings is 1. The number of methoxy groups -OCH3 is 1. The second-order valence-electron chi connectivity index (χ2n) is 9.89. The zero-order chi connectivity index (χ0) is 28.4. The van der Waals surface area contributed by atoms with Gasteiger partial charge in [0.05, 0.1) is 35.8 Å². The lowest BCUT2D eigenvalue weighted by Gasteiger charge is -2.33. The van der Waals surface area contributed by atoms with Crippen molar-refractivity contribution in [3.63, 3.8) is 0 Å². The van der Waals surface area contributed by atoms with Crippen LogP contribution in [-0.2, 0) is 6.42 Å². The number of halogens is 3. The van der Waals surface area contributed by atoms with Gasteiger partial charge in [0.25, 0.3) is 11.2 Å². The molecule has 0 radical (unpaired) electrons. The van der Waals surface area contributed by atoms with Crippen molar-refractivity contribution >= 4 is 34.7 Å². The number of anilines is 2. The molecule has 2 aliphatic rings. The van der Waals surface area contributed by atoms with Gasteiger partial charge in [0.2, 0.25) is 0 Å². The van der Waals surface area contributed by atoms with Gasteiger partial charge < -0.3 is 25.6 Å². The molecule has 4 heterocycles. The summed E-state index contributed by atoms with van der Waals surface area (Å²) in [5.74, 6) is 6.72. The minimum absolute atomic E-state index is 0.182. The maximum atomic E-state index is 14.8. The zero-order valence-electron chi connectivity index (χ0n) is 22.5. The van der Waals surface area contributed by atoms with E-state index in [1.807, 2.05) is 18.0 Å². The molecule has 2 aliphatic heterocycles. The minimum Gasteiger partial charge on any atom is -0.495 e. The highest BCUT2D eigenvalue weighted by Crippen LogP contribution is 2.46.